The van der Waals surface area contributed by atoms with Gasteiger partial charge >= 0.3 is 0 Å². The number of nitrogens with one attached hydrogen (secondary N) is 1. The molecule has 0 bridgehead atoms. The fourth-order valence-corrected chi connectivity index (χ4v) is 2.13. The number of hydrogen-bond donors (Lipinski definition) is 2. The maximum absolute atomic E-state index is 12.0. The average Bonchev–Trinajstić information content (AvgIpc) is 2.56. The Morgan fingerprint density at radius 1 is 1.17 bits per heavy atom. The first-order chi connectivity index (χ1) is 11.1. The molecule has 2 aromatic carbocycles. The van der Waals surface area contributed by atoms with Gasteiger partial charge in [0.15, 0.2) is 0 Å². The van der Waals surface area contributed by atoms with Crippen molar-refractivity contribution in [3.63, 3.8) is 0 Å². The lowest BCUT2D eigenvalue weighted by Crippen LogP contribution is -2.39. The second-order valence-electron chi connectivity index (χ2n) is 5.24. The van der Waals surface area contributed by atoms with Crippen molar-refractivity contribution in [2.45, 2.75) is 19.6 Å². The van der Waals surface area contributed by atoms with Gasteiger partial charge in [-0.05, 0) is 36.2 Å². The van der Waals surface area contributed by atoms with E-state index >= 15 is 0 Å². The van der Waals surface area contributed by atoms with Crippen LogP contribution in [0.1, 0.15) is 11.1 Å². The Bertz CT molecular complexity index is 644. The number of carbonyl (C=O) groups excluding carboxylic acids is 1. The molecule has 0 heterocycles. The number of nitrogens with two attached hydrogens (primary N) is 1. The fourth-order valence-electron chi connectivity index (χ4n) is 2.13. The van der Waals surface area contributed by atoms with Gasteiger partial charge in [-0.1, -0.05) is 30.3 Å². The van der Waals surface area contributed by atoms with Gasteiger partial charge in [-0.3, -0.25) is 4.79 Å². The van der Waals surface area contributed by atoms with Crippen LogP contribution in [0, 0.1) is 6.92 Å². The molecule has 2 rings (SSSR count). The first-order valence-corrected chi connectivity index (χ1v) is 7.43. The van der Waals surface area contributed by atoms with Crippen molar-refractivity contribution in [1.82, 2.24) is 0 Å². The SMILES string of the molecule is COCC(N)C(=O)Nc1cccc(COc2ccccc2)c1C. The van der Waals surface area contributed by atoms with Gasteiger partial charge in [0.05, 0.1) is 6.61 Å². The number of methoxy groups -OCH3 is 1. The highest BCUT2D eigenvalue weighted by Crippen LogP contribution is 2.21. The smallest absolute Gasteiger partial charge is 0.243 e. The molecule has 0 aliphatic rings. The summed E-state index contributed by atoms with van der Waals surface area (Å²) in [5.74, 6) is 0.541. The van der Waals surface area contributed by atoms with Crippen LogP contribution >= 0.6 is 0 Å². The second-order valence-corrected chi connectivity index (χ2v) is 5.24. The van der Waals surface area contributed by atoms with Crippen LogP contribution in [0.15, 0.2) is 48.5 Å². The average molecular weight is 314 g/mol. The van der Waals surface area contributed by atoms with Crippen LogP contribution in [0.2, 0.25) is 0 Å². The van der Waals surface area contributed by atoms with Crippen LogP contribution in [-0.2, 0) is 16.1 Å². The number of rotatable bonds is 7. The van der Waals surface area contributed by atoms with Crippen molar-refractivity contribution < 1.29 is 14.3 Å². The lowest BCUT2D eigenvalue weighted by atomic mass is 10.1. The third-order valence-corrected chi connectivity index (χ3v) is 3.52. The quantitative estimate of drug-likeness (QED) is 0.823. The highest BCUT2D eigenvalue weighted by Gasteiger charge is 2.15. The molecule has 1 unspecified atom stereocenters. The van der Waals surface area contributed by atoms with Gasteiger partial charge in [0.2, 0.25) is 5.91 Å². The van der Waals surface area contributed by atoms with Crippen molar-refractivity contribution >= 4 is 11.6 Å². The van der Waals surface area contributed by atoms with Crippen LogP contribution < -0.4 is 15.8 Å². The van der Waals surface area contributed by atoms with Crippen LogP contribution in [0.25, 0.3) is 0 Å². The van der Waals surface area contributed by atoms with Crippen molar-refractivity contribution in [1.29, 1.82) is 0 Å². The van der Waals surface area contributed by atoms with E-state index in [1.807, 2.05) is 55.5 Å². The van der Waals surface area contributed by atoms with Crippen molar-refractivity contribution in [2.75, 3.05) is 19.0 Å². The minimum absolute atomic E-state index is 0.182. The van der Waals surface area contributed by atoms with E-state index in [1.54, 1.807) is 0 Å². The maximum atomic E-state index is 12.0. The number of anilines is 1. The molecule has 0 saturated carbocycles. The molecule has 0 aromatic heterocycles. The van der Waals surface area contributed by atoms with E-state index in [4.69, 9.17) is 15.2 Å². The minimum Gasteiger partial charge on any atom is -0.489 e. The number of ether oxygens (including phenoxy) is 2. The molecule has 0 aliphatic carbocycles. The normalized spacial score (nSPS) is 11.8. The van der Waals surface area contributed by atoms with Gasteiger partial charge in [0.25, 0.3) is 0 Å². The molecular formula is C18H22N2O3. The largest absolute Gasteiger partial charge is 0.489 e. The molecular weight excluding hydrogens is 292 g/mol. The second kappa shape index (κ2) is 8.31. The van der Waals surface area contributed by atoms with Crippen LogP contribution in [0.4, 0.5) is 5.69 Å². The molecule has 5 heteroatoms. The zero-order valence-corrected chi connectivity index (χ0v) is 13.4. The number of benzene rings is 2. The molecule has 1 atom stereocenters. The lowest BCUT2D eigenvalue weighted by molar-refractivity contribution is -0.118. The van der Waals surface area contributed by atoms with Crippen LogP contribution in [-0.4, -0.2) is 25.7 Å². The Balaban J connectivity index is 2.04. The third-order valence-electron chi connectivity index (χ3n) is 3.52. The summed E-state index contributed by atoms with van der Waals surface area (Å²) in [4.78, 5) is 12.0. The van der Waals surface area contributed by atoms with E-state index in [0.717, 1.165) is 22.6 Å². The molecule has 0 spiro atoms. The van der Waals surface area contributed by atoms with E-state index in [1.165, 1.54) is 7.11 Å². The molecule has 2 aromatic rings. The Morgan fingerprint density at radius 3 is 2.61 bits per heavy atom. The number of amides is 1. The van der Waals surface area contributed by atoms with Crippen molar-refractivity contribution in [2.24, 2.45) is 5.73 Å². The van der Waals surface area contributed by atoms with Gasteiger partial charge < -0.3 is 20.5 Å². The minimum atomic E-state index is -0.691. The zero-order valence-electron chi connectivity index (χ0n) is 13.4. The van der Waals surface area contributed by atoms with Gasteiger partial charge in [0.1, 0.15) is 18.4 Å². The molecule has 0 radical (unpaired) electrons. The molecule has 3 N–H and O–H groups in total. The van der Waals surface area contributed by atoms with E-state index in [0.29, 0.717) is 6.61 Å². The van der Waals surface area contributed by atoms with Crippen molar-refractivity contribution in [3.05, 3.63) is 59.7 Å². The summed E-state index contributed by atoms with van der Waals surface area (Å²) < 4.78 is 10.7. The topological polar surface area (TPSA) is 73.6 Å². The summed E-state index contributed by atoms with van der Waals surface area (Å²) in [5, 5.41) is 2.83. The van der Waals surface area contributed by atoms with Crippen molar-refractivity contribution in [3.8, 4) is 5.75 Å². The molecule has 5 nitrogen and oxygen atoms in total. The summed E-state index contributed by atoms with van der Waals surface area (Å²) in [6.07, 6.45) is 0. The Kier molecular flexibility index (Phi) is 6.14. The highest BCUT2D eigenvalue weighted by molar-refractivity contribution is 5.95. The lowest BCUT2D eigenvalue weighted by Gasteiger charge is -2.15. The summed E-state index contributed by atoms with van der Waals surface area (Å²) in [6, 6.07) is 14.6. The zero-order chi connectivity index (χ0) is 16.7. The Morgan fingerprint density at radius 2 is 1.91 bits per heavy atom. The first-order valence-electron chi connectivity index (χ1n) is 7.43. The summed E-state index contributed by atoms with van der Waals surface area (Å²) >= 11 is 0. The molecule has 0 fully saturated rings. The molecule has 122 valence electrons. The molecule has 0 saturated heterocycles. The van der Waals surface area contributed by atoms with E-state index in [-0.39, 0.29) is 12.5 Å². The fraction of sp³-hybridized carbons (Fsp3) is 0.278. The Hall–Kier alpha value is -2.37. The predicted molar refractivity (Wildman–Crippen MR) is 90.4 cm³/mol. The van der Waals surface area contributed by atoms with Crippen LogP contribution in [0.5, 0.6) is 5.75 Å². The summed E-state index contributed by atoms with van der Waals surface area (Å²) in [6.45, 7) is 2.56. The molecule has 23 heavy (non-hydrogen) atoms. The van der Waals surface area contributed by atoms with E-state index < -0.39 is 6.04 Å². The number of hydrogen-bond acceptors (Lipinski definition) is 4. The van der Waals surface area contributed by atoms with E-state index in [2.05, 4.69) is 5.32 Å². The van der Waals surface area contributed by atoms with Gasteiger partial charge in [-0.2, -0.15) is 0 Å². The van der Waals surface area contributed by atoms with Gasteiger partial charge in [0, 0.05) is 12.8 Å². The summed E-state index contributed by atoms with van der Waals surface area (Å²) in [7, 11) is 1.51. The monoisotopic (exact) mass is 314 g/mol. The Labute approximate surface area is 136 Å². The first kappa shape index (κ1) is 17.0. The predicted octanol–water partition coefficient (Wildman–Crippen LogP) is 2.49. The molecule has 1 amide bonds. The third kappa shape index (κ3) is 4.81. The van der Waals surface area contributed by atoms with Crippen LogP contribution in [0.3, 0.4) is 0 Å². The molecule has 0 aliphatic heterocycles. The maximum Gasteiger partial charge on any atom is 0.243 e. The van der Waals surface area contributed by atoms with Gasteiger partial charge in [-0.15, -0.1) is 0 Å². The van der Waals surface area contributed by atoms with E-state index in [9.17, 15) is 4.79 Å². The number of carbonyl (C=O) groups is 1. The summed E-state index contributed by atoms with van der Waals surface area (Å²) in [5.41, 5.74) is 8.43. The van der Waals surface area contributed by atoms with Gasteiger partial charge in [-0.25, -0.2) is 0 Å². The highest BCUT2D eigenvalue weighted by atomic mass is 16.5. The standard InChI is InChI=1S/C18H22N2O3/c1-13-14(11-23-15-8-4-3-5-9-15)7-6-10-17(13)20-18(21)16(19)12-22-2/h3-10,16H,11-12,19H2,1-2H3,(H,20,21). The number of para-hydroxylation sites is 1.